The van der Waals surface area contributed by atoms with E-state index in [9.17, 15) is 27.9 Å². The summed E-state index contributed by atoms with van der Waals surface area (Å²) in [6.07, 6.45) is -4.62. The van der Waals surface area contributed by atoms with E-state index in [1.54, 1.807) is 31.7 Å². The summed E-state index contributed by atoms with van der Waals surface area (Å²) >= 11 is 6.38. The quantitative estimate of drug-likeness (QED) is 0.413. The number of aliphatic hydroxyl groups excluding tert-OH is 1. The molecule has 0 aliphatic carbocycles. The maximum absolute atomic E-state index is 13.1. The zero-order valence-electron chi connectivity index (χ0n) is 21.3. The predicted octanol–water partition coefficient (Wildman–Crippen LogP) is 5.54. The SMILES string of the molecule is CC(C)(C)OC(=O)NCC(O)N1CCCCC1C(=O)Nc1ccc(-c2ccccc2OC(F)(F)F)c(Cl)c1. The predicted molar refractivity (Wildman–Crippen MR) is 137 cm³/mol. The van der Waals surface area contributed by atoms with Crippen molar-refractivity contribution >= 4 is 29.3 Å². The van der Waals surface area contributed by atoms with Gasteiger partial charge in [0.1, 0.15) is 17.6 Å². The van der Waals surface area contributed by atoms with Gasteiger partial charge >= 0.3 is 12.5 Å². The number of benzene rings is 2. The van der Waals surface area contributed by atoms with Gasteiger partial charge in [0.2, 0.25) is 5.91 Å². The van der Waals surface area contributed by atoms with Crippen molar-refractivity contribution in [3.05, 3.63) is 47.5 Å². The van der Waals surface area contributed by atoms with Crippen molar-refractivity contribution in [1.82, 2.24) is 10.2 Å². The molecule has 2 unspecified atom stereocenters. The first-order valence-electron chi connectivity index (χ1n) is 12.1. The van der Waals surface area contributed by atoms with Crippen molar-refractivity contribution in [2.45, 2.75) is 64.3 Å². The van der Waals surface area contributed by atoms with Crippen LogP contribution in [0.3, 0.4) is 0 Å². The highest BCUT2D eigenvalue weighted by Gasteiger charge is 2.34. The number of amides is 2. The molecule has 1 aliphatic rings. The summed E-state index contributed by atoms with van der Waals surface area (Å²) in [5, 5.41) is 16.1. The van der Waals surface area contributed by atoms with Crippen molar-refractivity contribution in [3.63, 3.8) is 0 Å². The third-order valence-corrected chi connectivity index (χ3v) is 6.01. The molecule has 1 fully saturated rings. The van der Waals surface area contributed by atoms with E-state index in [4.69, 9.17) is 16.3 Å². The number of nitrogens with one attached hydrogen (secondary N) is 2. The molecular weight excluding hydrogens is 527 g/mol. The molecule has 1 saturated heterocycles. The second-order valence-corrected chi connectivity index (χ2v) is 10.2. The van der Waals surface area contributed by atoms with Crippen LogP contribution in [0.15, 0.2) is 42.5 Å². The number of para-hydroxylation sites is 1. The average Bonchev–Trinajstić information content (AvgIpc) is 2.81. The number of piperidine rings is 1. The topological polar surface area (TPSA) is 100 Å². The molecule has 12 heteroatoms. The molecule has 0 radical (unpaired) electrons. The summed E-state index contributed by atoms with van der Waals surface area (Å²) in [6.45, 7) is 5.50. The first kappa shape index (κ1) is 29.5. The largest absolute Gasteiger partial charge is 0.573 e. The van der Waals surface area contributed by atoms with Gasteiger partial charge in [-0.15, -0.1) is 13.2 Å². The summed E-state index contributed by atoms with van der Waals surface area (Å²) in [7, 11) is 0. The highest BCUT2D eigenvalue weighted by atomic mass is 35.5. The number of alkyl halides is 3. The second-order valence-electron chi connectivity index (χ2n) is 9.84. The molecular formula is C26H31ClF3N3O5. The normalized spacial score (nSPS) is 17.4. The molecule has 2 aromatic carbocycles. The van der Waals surface area contributed by atoms with Gasteiger partial charge in [-0.3, -0.25) is 9.69 Å². The molecule has 2 aromatic rings. The van der Waals surface area contributed by atoms with E-state index in [1.807, 2.05) is 0 Å². The monoisotopic (exact) mass is 557 g/mol. The fourth-order valence-electron chi connectivity index (χ4n) is 4.14. The number of rotatable bonds is 7. The molecule has 208 valence electrons. The van der Waals surface area contributed by atoms with Crippen LogP contribution in [0.2, 0.25) is 5.02 Å². The van der Waals surface area contributed by atoms with Gasteiger partial charge in [0.05, 0.1) is 17.6 Å². The Bertz CT molecular complexity index is 1140. The Kier molecular flexibility index (Phi) is 9.50. The molecule has 38 heavy (non-hydrogen) atoms. The number of alkyl carbamates (subject to hydrolysis) is 1. The van der Waals surface area contributed by atoms with Crippen LogP contribution in [0, 0.1) is 0 Å². The van der Waals surface area contributed by atoms with Crippen LogP contribution in [0.1, 0.15) is 40.0 Å². The van der Waals surface area contributed by atoms with Gasteiger partial charge in [-0.05, 0) is 51.8 Å². The van der Waals surface area contributed by atoms with Crippen LogP contribution in [0.25, 0.3) is 11.1 Å². The molecule has 3 rings (SSSR count). The second kappa shape index (κ2) is 12.2. The molecule has 0 saturated carbocycles. The summed E-state index contributed by atoms with van der Waals surface area (Å²) < 4.78 is 47.7. The zero-order valence-corrected chi connectivity index (χ0v) is 22.0. The van der Waals surface area contributed by atoms with Gasteiger partial charge in [-0.1, -0.05) is 42.3 Å². The third kappa shape index (κ3) is 8.50. The summed E-state index contributed by atoms with van der Waals surface area (Å²) in [6, 6.07) is 9.41. The minimum absolute atomic E-state index is 0.114. The fourth-order valence-corrected chi connectivity index (χ4v) is 4.42. The van der Waals surface area contributed by atoms with Crippen LogP contribution >= 0.6 is 11.6 Å². The lowest BCUT2D eigenvalue weighted by atomic mass is 10.0. The van der Waals surface area contributed by atoms with E-state index in [0.29, 0.717) is 24.2 Å². The van der Waals surface area contributed by atoms with Crippen molar-refractivity contribution in [2.24, 2.45) is 0 Å². The van der Waals surface area contributed by atoms with Crippen molar-refractivity contribution in [3.8, 4) is 16.9 Å². The van der Waals surface area contributed by atoms with E-state index < -0.39 is 36.1 Å². The van der Waals surface area contributed by atoms with Gasteiger partial charge in [-0.2, -0.15) is 0 Å². The van der Waals surface area contributed by atoms with E-state index >= 15 is 0 Å². The molecule has 0 spiro atoms. The Morgan fingerprint density at radius 1 is 1.13 bits per heavy atom. The van der Waals surface area contributed by atoms with E-state index in [0.717, 1.165) is 12.8 Å². The third-order valence-electron chi connectivity index (χ3n) is 5.70. The highest BCUT2D eigenvalue weighted by molar-refractivity contribution is 6.33. The standard InChI is InChI=1S/C26H31ClF3N3O5/c1-25(2,3)38-24(36)31-15-22(34)33-13-7-6-9-20(33)23(35)32-16-11-12-17(19(27)14-16)18-8-4-5-10-21(18)37-26(28,29)30/h4-5,8,10-12,14,20,22,34H,6-7,9,13,15H2,1-3H3,(H,31,36)(H,32,35). The Hall–Kier alpha value is -3.02. The maximum atomic E-state index is 13.1. The lowest BCUT2D eigenvalue weighted by molar-refractivity contribution is -0.274. The smallest absolute Gasteiger partial charge is 0.444 e. The summed E-state index contributed by atoms with van der Waals surface area (Å²) in [4.78, 5) is 26.7. The van der Waals surface area contributed by atoms with Gasteiger partial charge in [0.15, 0.2) is 0 Å². The minimum atomic E-state index is -4.87. The minimum Gasteiger partial charge on any atom is -0.444 e. The number of nitrogens with zero attached hydrogens (tertiary/aromatic N) is 1. The molecule has 1 heterocycles. The number of aliphatic hydroxyl groups is 1. The Labute approximate surface area is 224 Å². The van der Waals surface area contributed by atoms with E-state index in [2.05, 4.69) is 15.4 Å². The lowest BCUT2D eigenvalue weighted by Crippen LogP contribution is -2.55. The summed E-state index contributed by atoms with van der Waals surface area (Å²) in [5.74, 6) is -0.781. The van der Waals surface area contributed by atoms with Gasteiger partial charge < -0.3 is 25.2 Å². The van der Waals surface area contributed by atoms with Gasteiger partial charge in [-0.25, -0.2) is 4.79 Å². The van der Waals surface area contributed by atoms with E-state index in [1.165, 1.54) is 36.4 Å². The zero-order chi connectivity index (χ0) is 28.1. The summed E-state index contributed by atoms with van der Waals surface area (Å²) in [5.41, 5.74) is 0.0939. The van der Waals surface area contributed by atoms with E-state index in [-0.39, 0.29) is 23.0 Å². The van der Waals surface area contributed by atoms with Crippen molar-refractivity contribution in [1.29, 1.82) is 0 Å². The Balaban J connectivity index is 1.69. The van der Waals surface area contributed by atoms with Crippen LogP contribution in [-0.4, -0.2) is 59.3 Å². The first-order chi connectivity index (χ1) is 17.7. The average molecular weight is 558 g/mol. The molecule has 8 nitrogen and oxygen atoms in total. The highest BCUT2D eigenvalue weighted by Crippen LogP contribution is 2.38. The number of hydrogen-bond donors (Lipinski definition) is 3. The number of carbonyl (C=O) groups excluding carboxylic acids is 2. The number of anilines is 1. The molecule has 2 atom stereocenters. The molecule has 0 aromatic heterocycles. The van der Waals surface area contributed by atoms with Gasteiger partial charge in [0.25, 0.3) is 0 Å². The number of halogens is 4. The number of likely N-dealkylation sites (tertiary alicyclic amines) is 1. The molecule has 1 aliphatic heterocycles. The molecule has 2 amide bonds. The first-order valence-corrected chi connectivity index (χ1v) is 12.5. The number of hydrogen-bond acceptors (Lipinski definition) is 6. The van der Waals surface area contributed by atoms with Gasteiger partial charge in [0, 0.05) is 23.4 Å². The van der Waals surface area contributed by atoms with Crippen LogP contribution in [0.4, 0.5) is 23.7 Å². The lowest BCUT2D eigenvalue weighted by Gasteiger charge is -2.37. The Morgan fingerprint density at radius 2 is 1.84 bits per heavy atom. The molecule has 0 bridgehead atoms. The van der Waals surface area contributed by atoms with Crippen LogP contribution in [0.5, 0.6) is 5.75 Å². The molecule has 3 N–H and O–H groups in total. The number of carbonyl (C=O) groups is 2. The van der Waals surface area contributed by atoms with Crippen molar-refractivity contribution in [2.75, 3.05) is 18.4 Å². The Morgan fingerprint density at radius 3 is 2.50 bits per heavy atom. The van der Waals surface area contributed by atoms with Crippen LogP contribution in [-0.2, 0) is 9.53 Å². The number of ether oxygens (including phenoxy) is 2. The fraction of sp³-hybridized carbons (Fsp3) is 0.462. The van der Waals surface area contributed by atoms with Crippen LogP contribution < -0.4 is 15.4 Å². The maximum Gasteiger partial charge on any atom is 0.573 e. The van der Waals surface area contributed by atoms with Crippen molar-refractivity contribution < 1.29 is 37.3 Å².